The smallest absolute Gasteiger partial charge is 0.231 e. The Morgan fingerprint density at radius 3 is 3.03 bits per heavy atom. The lowest BCUT2D eigenvalue weighted by Crippen LogP contribution is -2.24. The van der Waals surface area contributed by atoms with Gasteiger partial charge in [-0.15, -0.1) is 21.5 Å². The molecule has 0 spiro atoms. The van der Waals surface area contributed by atoms with Crippen molar-refractivity contribution in [2.45, 2.75) is 44.3 Å². The molecule has 5 rings (SSSR count). The third kappa shape index (κ3) is 4.36. The van der Waals surface area contributed by atoms with Crippen molar-refractivity contribution >= 4 is 29.0 Å². The number of thioether (sulfide) groups is 1. The third-order valence-corrected chi connectivity index (χ3v) is 8.33. The van der Waals surface area contributed by atoms with Gasteiger partial charge in [0.2, 0.25) is 12.7 Å². The summed E-state index contributed by atoms with van der Waals surface area (Å²) in [7, 11) is 1.97. The lowest BCUT2D eigenvalue weighted by Gasteiger charge is -2.19. The monoisotopic (exact) mass is 470 g/mol. The number of nitrogens with zero attached hydrogens (tertiary/aromatic N) is 3. The molecule has 3 heterocycles. The number of carbonyl (C=O) groups excluding carboxylic acids is 1. The standard InChI is InChI=1S/C23H26N4O3S2/c1-3-14-5-7-19-16(8-14)10-20(32-19)22-25-26-23(27(22)2)31-12-21(28)24-11-15-4-6-17-18(9-15)30-13-29-17/h4,6,9-10,14H,3,5,7-8,11-13H2,1-2H3,(H,24,28). The predicted octanol–water partition coefficient (Wildman–Crippen LogP) is 4.20. The normalized spacial score (nSPS) is 16.8. The molecule has 1 N–H and O–H groups in total. The van der Waals surface area contributed by atoms with E-state index in [4.69, 9.17) is 9.47 Å². The van der Waals surface area contributed by atoms with E-state index in [1.165, 1.54) is 52.8 Å². The average molecular weight is 471 g/mol. The molecule has 1 aromatic carbocycles. The molecule has 3 aromatic rings. The fourth-order valence-electron chi connectivity index (χ4n) is 4.15. The van der Waals surface area contributed by atoms with Crippen LogP contribution in [0.5, 0.6) is 11.5 Å². The Labute approximate surface area is 195 Å². The minimum atomic E-state index is -0.0468. The molecule has 0 saturated carbocycles. The van der Waals surface area contributed by atoms with Crippen molar-refractivity contribution in [2.75, 3.05) is 12.5 Å². The highest BCUT2D eigenvalue weighted by Gasteiger charge is 2.22. The van der Waals surface area contributed by atoms with E-state index in [1.807, 2.05) is 41.2 Å². The van der Waals surface area contributed by atoms with Crippen molar-refractivity contribution in [2.24, 2.45) is 13.0 Å². The summed E-state index contributed by atoms with van der Waals surface area (Å²) in [6.07, 6.45) is 4.86. The van der Waals surface area contributed by atoms with Gasteiger partial charge in [-0.25, -0.2) is 0 Å². The first-order chi connectivity index (χ1) is 15.6. The van der Waals surface area contributed by atoms with Gasteiger partial charge in [0.25, 0.3) is 0 Å². The molecule has 1 atom stereocenters. The Balaban J connectivity index is 1.17. The summed E-state index contributed by atoms with van der Waals surface area (Å²) in [6.45, 7) is 2.97. The molecule has 32 heavy (non-hydrogen) atoms. The van der Waals surface area contributed by atoms with Crippen LogP contribution in [-0.2, 0) is 31.2 Å². The number of aryl methyl sites for hydroxylation is 1. The molecule has 0 bridgehead atoms. The highest BCUT2D eigenvalue weighted by molar-refractivity contribution is 7.99. The van der Waals surface area contributed by atoms with Gasteiger partial charge in [-0.1, -0.05) is 31.2 Å². The topological polar surface area (TPSA) is 78.3 Å². The Morgan fingerprint density at radius 1 is 1.28 bits per heavy atom. The number of carbonyl (C=O) groups is 1. The first kappa shape index (κ1) is 21.3. The number of amides is 1. The molecule has 2 aromatic heterocycles. The number of fused-ring (bicyclic) bond motifs is 2. The molecule has 0 fully saturated rings. The molecule has 7 nitrogen and oxygen atoms in total. The lowest BCUT2D eigenvalue weighted by atomic mass is 9.87. The quantitative estimate of drug-likeness (QED) is 0.522. The maximum atomic E-state index is 12.4. The largest absolute Gasteiger partial charge is 0.454 e. The molecule has 2 aliphatic rings. The summed E-state index contributed by atoms with van der Waals surface area (Å²) in [4.78, 5) is 15.0. The number of aromatic nitrogens is 3. The van der Waals surface area contributed by atoms with E-state index >= 15 is 0 Å². The predicted molar refractivity (Wildman–Crippen MR) is 125 cm³/mol. The van der Waals surface area contributed by atoms with Gasteiger partial charge in [0, 0.05) is 18.5 Å². The highest BCUT2D eigenvalue weighted by atomic mass is 32.2. The van der Waals surface area contributed by atoms with Crippen molar-refractivity contribution < 1.29 is 14.3 Å². The summed E-state index contributed by atoms with van der Waals surface area (Å²) in [5.41, 5.74) is 2.45. The molecule has 9 heteroatoms. The summed E-state index contributed by atoms with van der Waals surface area (Å²) in [5.74, 6) is 3.38. The van der Waals surface area contributed by atoms with Gasteiger partial charge < -0.3 is 19.4 Å². The fourth-order valence-corrected chi connectivity index (χ4v) is 6.12. The van der Waals surface area contributed by atoms with E-state index in [1.54, 1.807) is 0 Å². The number of hydrogen-bond donors (Lipinski definition) is 1. The van der Waals surface area contributed by atoms with Crippen LogP contribution < -0.4 is 14.8 Å². The first-order valence-electron chi connectivity index (χ1n) is 10.9. The Morgan fingerprint density at radius 2 is 2.16 bits per heavy atom. The summed E-state index contributed by atoms with van der Waals surface area (Å²) >= 11 is 3.24. The van der Waals surface area contributed by atoms with Gasteiger partial charge in [-0.2, -0.15) is 0 Å². The Kier molecular flexibility index (Phi) is 6.10. The molecule has 1 aliphatic heterocycles. The second-order valence-electron chi connectivity index (χ2n) is 8.19. The zero-order chi connectivity index (χ0) is 22.1. The fraction of sp³-hybridized carbons (Fsp3) is 0.435. The van der Waals surface area contributed by atoms with Crippen molar-refractivity contribution in [1.82, 2.24) is 20.1 Å². The molecular weight excluding hydrogens is 444 g/mol. The van der Waals surface area contributed by atoms with Crippen LogP contribution in [0, 0.1) is 5.92 Å². The molecule has 168 valence electrons. The number of thiophene rings is 1. The van der Waals surface area contributed by atoms with Crippen molar-refractivity contribution in [3.63, 3.8) is 0 Å². The maximum Gasteiger partial charge on any atom is 0.231 e. The minimum Gasteiger partial charge on any atom is -0.454 e. The molecule has 0 saturated heterocycles. The van der Waals surface area contributed by atoms with Crippen LogP contribution in [0.4, 0.5) is 0 Å². The van der Waals surface area contributed by atoms with Crippen LogP contribution in [0.25, 0.3) is 10.7 Å². The van der Waals surface area contributed by atoms with Crippen LogP contribution >= 0.6 is 23.1 Å². The summed E-state index contributed by atoms with van der Waals surface area (Å²) in [5, 5.41) is 12.4. The van der Waals surface area contributed by atoms with E-state index in [0.717, 1.165) is 34.0 Å². The van der Waals surface area contributed by atoms with Crippen LogP contribution in [-0.4, -0.2) is 33.2 Å². The second kappa shape index (κ2) is 9.15. The van der Waals surface area contributed by atoms with Crippen molar-refractivity contribution in [3.8, 4) is 22.2 Å². The zero-order valence-electron chi connectivity index (χ0n) is 18.2. The average Bonchev–Trinajstić information content (AvgIpc) is 3.53. The van der Waals surface area contributed by atoms with Gasteiger partial charge in [-0.05, 0) is 54.5 Å². The summed E-state index contributed by atoms with van der Waals surface area (Å²) < 4.78 is 12.7. The van der Waals surface area contributed by atoms with Crippen LogP contribution in [0.1, 0.15) is 35.8 Å². The van der Waals surface area contributed by atoms with E-state index in [-0.39, 0.29) is 18.5 Å². The van der Waals surface area contributed by atoms with E-state index in [2.05, 4.69) is 28.5 Å². The molecule has 0 radical (unpaired) electrons. The molecule has 1 aliphatic carbocycles. The van der Waals surface area contributed by atoms with Gasteiger partial charge in [0.05, 0.1) is 10.6 Å². The van der Waals surface area contributed by atoms with E-state index < -0.39 is 0 Å². The third-order valence-electron chi connectivity index (χ3n) is 6.08. The van der Waals surface area contributed by atoms with Gasteiger partial charge in [0.1, 0.15) is 0 Å². The van der Waals surface area contributed by atoms with Crippen LogP contribution in [0.15, 0.2) is 29.4 Å². The number of rotatable bonds is 7. The minimum absolute atomic E-state index is 0.0468. The highest BCUT2D eigenvalue weighted by Crippen LogP contribution is 2.38. The maximum absolute atomic E-state index is 12.4. The summed E-state index contributed by atoms with van der Waals surface area (Å²) in [6, 6.07) is 7.98. The molecule has 1 amide bonds. The van der Waals surface area contributed by atoms with Gasteiger partial charge in [-0.3, -0.25) is 4.79 Å². The first-order valence-corrected chi connectivity index (χ1v) is 12.7. The lowest BCUT2D eigenvalue weighted by molar-refractivity contribution is -0.118. The molecule has 1 unspecified atom stereocenters. The van der Waals surface area contributed by atoms with Gasteiger partial charge in [0.15, 0.2) is 22.5 Å². The number of benzene rings is 1. The zero-order valence-corrected chi connectivity index (χ0v) is 19.9. The van der Waals surface area contributed by atoms with Crippen LogP contribution in [0.3, 0.4) is 0 Å². The van der Waals surface area contributed by atoms with Gasteiger partial charge >= 0.3 is 0 Å². The van der Waals surface area contributed by atoms with Crippen LogP contribution in [0.2, 0.25) is 0 Å². The van der Waals surface area contributed by atoms with Crippen molar-refractivity contribution in [3.05, 3.63) is 40.3 Å². The van der Waals surface area contributed by atoms with E-state index in [9.17, 15) is 4.79 Å². The second-order valence-corrected chi connectivity index (χ2v) is 10.3. The SMILES string of the molecule is CCC1CCc2sc(-c3nnc(SCC(=O)NCc4ccc5c(c4)OCO5)n3C)cc2C1. The number of hydrogen-bond acceptors (Lipinski definition) is 7. The Bertz CT molecular complexity index is 1140. The molecular formula is C23H26N4O3S2. The number of ether oxygens (including phenoxy) is 2. The number of nitrogens with one attached hydrogen (secondary N) is 1. The van der Waals surface area contributed by atoms with Crippen molar-refractivity contribution in [1.29, 1.82) is 0 Å². The van der Waals surface area contributed by atoms with E-state index in [0.29, 0.717) is 6.54 Å². The Hall–Kier alpha value is -2.52.